The molecule has 5 nitrogen and oxygen atoms in total. The third kappa shape index (κ3) is 6.50. The van der Waals surface area contributed by atoms with Crippen molar-refractivity contribution in [1.82, 2.24) is 10.6 Å². The van der Waals surface area contributed by atoms with Crippen LogP contribution in [0.4, 0.5) is 8.78 Å². The second kappa shape index (κ2) is 11.7. The lowest BCUT2D eigenvalue weighted by Gasteiger charge is -2.19. The number of nitrogens with one attached hydrogen (secondary N) is 2. The second-order valence-corrected chi connectivity index (χ2v) is 5.88. The number of benzene rings is 2. The third-order valence-electron chi connectivity index (χ3n) is 4.01. The van der Waals surface area contributed by atoms with E-state index in [-0.39, 0.29) is 41.5 Å². The number of hydrogen-bond donors (Lipinski definition) is 2. The van der Waals surface area contributed by atoms with E-state index >= 15 is 0 Å². The van der Waals surface area contributed by atoms with Gasteiger partial charge in [0.1, 0.15) is 0 Å². The first kappa shape index (κ1) is 23.9. The number of rotatable bonds is 7. The minimum Gasteiger partial charge on any atom is -0.494 e. The molecule has 0 aliphatic carbocycles. The van der Waals surface area contributed by atoms with Gasteiger partial charge >= 0.3 is 0 Å². The molecule has 8 heteroatoms. The van der Waals surface area contributed by atoms with E-state index < -0.39 is 11.6 Å². The van der Waals surface area contributed by atoms with Gasteiger partial charge in [-0.15, -0.1) is 24.0 Å². The van der Waals surface area contributed by atoms with Gasteiger partial charge in [0.15, 0.2) is 29.1 Å². The van der Waals surface area contributed by atoms with Crippen molar-refractivity contribution in [3.05, 3.63) is 59.2 Å². The zero-order valence-corrected chi connectivity index (χ0v) is 18.7. The topological polar surface area (TPSA) is 54.9 Å². The van der Waals surface area contributed by atoms with E-state index in [0.29, 0.717) is 19.1 Å². The van der Waals surface area contributed by atoms with Crippen LogP contribution in [0.3, 0.4) is 0 Å². The van der Waals surface area contributed by atoms with Gasteiger partial charge in [0.2, 0.25) is 0 Å². The SMILES string of the molecule is CCOc1ccc(CNC(=NC)NC(C)c2ccc(OC)c(F)c2)cc1F.I. The molecule has 0 spiro atoms. The number of nitrogens with zero attached hydrogens (tertiary/aromatic N) is 1. The minimum absolute atomic E-state index is 0. The molecule has 0 heterocycles. The maximum absolute atomic E-state index is 13.9. The molecule has 0 fully saturated rings. The average molecular weight is 505 g/mol. The highest BCUT2D eigenvalue weighted by atomic mass is 127. The maximum Gasteiger partial charge on any atom is 0.191 e. The number of guanidine groups is 1. The molecular weight excluding hydrogens is 479 g/mol. The van der Waals surface area contributed by atoms with E-state index in [1.54, 1.807) is 38.2 Å². The molecule has 0 aliphatic heterocycles. The molecule has 0 aliphatic rings. The van der Waals surface area contributed by atoms with Crippen LogP contribution < -0.4 is 20.1 Å². The lowest BCUT2D eigenvalue weighted by atomic mass is 10.1. The van der Waals surface area contributed by atoms with Crippen molar-refractivity contribution in [2.45, 2.75) is 26.4 Å². The van der Waals surface area contributed by atoms with Crippen LogP contribution in [0.15, 0.2) is 41.4 Å². The summed E-state index contributed by atoms with van der Waals surface area (Å²) in [5.41, 5.74) is 1.51. The predicted octanol–water partition coefficient (Wildman–Crippen LogP) is 4.42. The Bertz CT molecular complexity index is 803. The fourth-order valence-corrected chi connectivity index (χ4v) is 2.55. The summed E-state index contributed by atoms with van der Waals surface area (Å²) in [7, 11) is 3.06. The van der Waals surface area contributed by atoms with Crippen LogP contribution in [-0.4, -0.2) is 26.7 Å². The predicted molar refractivity (Wildman–Crippen MR) is 118 cm³/mol. The summed E-state index contributed by atoms with van der Waals surface area (Å²) in [6.45, 7) is 4.49. The third-order valence-corrected chi connectivity index (χ3v) is 4.01. The number of methoxy groups -OCH3 is 1. The molecular formula is C20H26F2IN3O2. The Balaban J connectivity index is 0.00000392. The van der Waals surface area contributed by atoms with Crippen LogP contribution in [-0.2, 0) is 6.54 Å². The summed E-state index contributed by atoms with van der Waals surface area (Å²) < 4.78 is 37.9. The van der Waals surface area contributed by atoms with Gasteiger partial charge in [-0.25, -0.2) is 8.78 Å². The lowest BCUT2D eigenvalue weighted by Crippen LogP contribution is -2.38. The summed E-state index contributed by atoms with van der Waals surface area (Å²) in [6.07, 6.45) is 0. The van der Waals surface area contributed by atoms with E-state index in [1.165, 1.54) is 19.2 Å². The fraction of sp³-hybridized carbons (Fsp3) is 0.350. The molecule has 1 unspecified atom stereocenters. The molecule has 2 N–H and O–H groups in total. The normalized spacial score (nSPS) is 12.0. The van der Waals surface area contributed by atoms with Crippen LogP contribution >= 0.6 is 24.0 Å². The molecule has 0 radical (unpaired) electrons. The van der Waals surface area contributed by atoms with E-state index in [9.17, 15) is 8.78 Å². The molecule has 1 atom stereocenters. The van der Waals surface area contributed by atoms with Gasteiger partial charge in [0, 0.05) is 13.6 Å². The molecule has 154 valence electrons. The average Bonchev–Trinajstić information content (AvgIpc) is 2.66. The molecule has 0 bridgehead atoms. The van der Waals surface area contributed by atoms with E-state index in [4.69, 9.17) is 9.47 Å². The van der Waals surface area contributed by atoms with Gasteiger partial charge < -0.3 is 20.1 Å². The Morgan fingerprint density at radius 2 is 1.79 bits per heavy atom. The summed E-state index contributed by atoms with van der Waals surface area (Å²) in [6, 6.07) is 9.43. The first-order valence-corrected chi connectivity index (χ1v) is 8.70. The Kier molecular flexibility index (Phi) is 9.98. The van der Waals surface area contributed by atoms with Crippen molar-refractivity contribution in [2.24, 2.45) is 4.99 Å². The van der Waals surface area contributed by atoms with Crippen LogP contribution in [0.5, 0.6) is 11.5 Å². The number of ether oxygens (including phenoxy) is 2. The van der Waals surface area contributed by atoms with Gasteiger partial charge in [-0.05, 0) is 49.2 Å². The Morgan fingerprint density at radius 3 is 2.36 bits per heavy atom. The summed E-state index contributed by atoms with van der Waals surface area (Å²) in [5.74, 6) is 0.135. The van der Waals surface area contributed by atoms with Crippen LogP contribution in [0.25, 0.3) is 0 Å². The van der Waals surface area contributed by atoms with E-state index in [2.05, 4.69) is 15.6 Å². The first-order chi connectivity index (χ1) is 13.0. The van der Waals surface area contributed by atoms with Crippen LogP contribution in [0.1, 0.15) is 31.0 Å². The molecule has 0 amide bonds. The number of aliphatic imine (C=N–C) groups is 1. The van der Waals surface area contributed by atoms with Gasteiger partial charge in [-0.3, -0.25) is 4.99 Å². The lowest BCUT2D eigenvalue weighted by molar-refractivity contribution is 0.321. The van der Waals surface area contributed by atoms with Crippen molar-refractivity contribution in [3.8, 4) is 11.5 Å². The molecule has 2 aromatic carbocycles. The molecule has 2 aromatic rings. The van der Waals surface area contributed by atoms with Crippen molar-refractivity contribution in [2.75, 3.05) is 20.8 Å². The summed E-state index contributed by atoms with van der Waals surface area (Å²) in [4.78, 5) is 4.15. The van der Waals surface area contributed by atoms with Gasteiger partial charge in [0.05, 0.1) is 19.8 Å². The van der Waals surface area contributed by atoms with Crippen LogP contribution in [0, 0.1) is 11.6 Å². The molecule has 28 heavy (non-hydrogen) atoms. The van der Waals surface area contributed by atoms with Crippen LogP contribution in [0.2, 0.25) is 0 Å². The maximum atomic E-state index is 13.9. The number of hydrogen-bond acceptors (Lipinski definition) is 3. The number of halogens is 3. The quantitative estimate of drug-likeness (QED) is 0.333. The van der Waals surface area contributed by atoms with Crippen molar-refractivity contribution in [1.29, 1.82) is 0 Å². The first-order valence-electron chi connectivity index (χ1n) is 8.70. The monoisotopic (exact) mass is 505 g/mol. The van der Waals surface area contributed by atoms with Gasteiger partial charge in [0.25, 0.3) is 0 Å². The summed E-state index contributed by atoms with van der Waals surface area (Å²) in [5, 5.41) is 6.29. The Labute approximate surface area is 181 Å². The highest BCUT2D eigenvalue weighted by Gasteiger charge is 2.11. The fourth-order valence-electron chi connectivity index (χ4n) is 2.55. The minimum atomic E-state index is -0.420. The zero-order chi connectivity index (χ0) is 19.8. The summed E-state index contributed by atoms with van der Waals surface area (Å²) >= 11 is 0. The Hall–Kier alpha value is -2.10. The zero-order valence-electron chi connectivity index (χ0n) is 16.4. The Morgan fingerprint density at radius 1 is 1.11 bits per heavy atom. The van der Waals surface area contributed by atoms with E-state index in [0.717, 1.165) is 11.1 Å². The van der Waals surface area contributed by atoms with Crippen molar-refractivity contribution >= 4 is 29.9 Å². The van der Waals surface area contributed by atoms with Crippen molar-refractivity contribution < 1.29 is 18.3 Å². The standard InChI is InChI=1S/C20H25F2N3O2.HI/c1-5-27-19-8-6-14(10-16(19)21)12-24-20(23-3)25-13(2)15-7-9-18(26-4)17(22)11-15;/h6-11,13H,5,12H2,1-4H3,(H2,23,24,25);1H. The van der Waals surface area contributed by atoms with Gasteiger partial charge in [-0.1, -0.05) is 12.1 Å². The smallest absolute Gasteiger partial charge is 0.191 e. The van der Waals surface area contributed by atoms with Crippen molar-refractivity contribution in [3.63, 3.8) is 0 Å². The molecule has 0 aromatic heterocycles. The molecule has 0 saturated heterocycles. The highest BCUT2D eigenvalue weighted by molar-refractivity contribution is 14.0. The van der Waals surface area contributed by atoms with E-state index in [1.807, 2.05) is 6.92 Å². The molecule has 2 rings (SSSR count). The largest absolute Gasteiger partial charge is 0.494 e. The highest BCUT2D eigenvalue weighted by Crippen LogP contribution is 2.22. The van der Waals surface area contributed by atoms with Gasteiger partial charge in [-0.2, -0.15) is 0 Å². The second-order valence-electron chi connectivity index (χ2n) is 5.88. The molecule has 0 saturated carbocycles.